The lowest BCUT2D eigenvalue weighted by atomic mass is 10.1. The Morgan fingerprint density at radius 2 is 2.33 bits per heavy atom. The van der Waals surface area contributed by atoms with E-state index in [4.69, 9.17) is 5.11 Å². The zero-order valence-corrected chi connectivity index (χ0v) is 10.2. The average molecular weight is 256 g/mol. The van der Waals surface area contributed by atoms with Gasteiger partial charge in [0.2, 0.25) is 5.91 Å². The summed E-state index contributed by atoms with van der Waals surface area (Å²) in [6, 6.07) is 0.891. The fourth-order valence-electron chi connectivity index (χ4n) is 1.36. The Kier molecular flexibility index (Phi) is 4.78. The van der Waals surface area contributed by atoms with Gasteiger partial charge >= 0.3 is 5.82 Å². The maximum Gasteiger partial charge on any atom is 0.389 e. The third-order valence-electron chi connectivity index (χ3n) is 2.47. The minimum Gasteiger partial charge on any atom is -0.394 e. The van der Waals surface area contributed by atoms with Gasteiger partial charge in [-0.05, 0) is 10.8 Å². The number of nitrogens with zero attached hydrogens (tertiary/aromatic N) is 3. The minimum atomic E-state index is -0.626. The van der Waals surface area contributed by atoms with Crippen LogP contribution in [0, 0.1) is 16.0 Å². The van der Waals surface area contributed by atoms with Crippen molar-refractivity contribution in [2.45, 2.75) is 26.4 Å². The molecule has 0 radical (unpaired) electrons. The van der Waals surface area contributed by atoms with Gasteiger partial charge in [-0.1, -0.05) is 13.8 Å². The van der Waals surface area contributed by atoms with Crippen molar-refractivity contribution >= 4 is 11.7 Å². The van der Waals surface area contributed by atoms with Gasteiger partial charge in [0.1, 0.15) is 6.54 Å². The lowest BCUT2D eigenvalue weighted by Crippen LogP contribution is -2.42. The van der Waals surface area contributed by atoms with Gasteiger partial charge in [0.15, 0.2) is 0 Å². The van der Waals surface area contributed by atoms with Crippen molar-refractivity contribution in [3.63, 3.8) is 0 Å². The minimum absolute atomic E-state index is 0.103. The molecule has 0 spiro atoms. The van der Waals surface area contributed by atoms with E-state index >= 15 is 0 Å². The topological polar surface area (TPSA) is 110 Å². The third-order valence-corrected chi connectivity index (χ3v) is 2.47. The van der Waals surface area contributed by atoms with Crippen LogP contribution in [0.5, 0.6) is 0 Å². The van der Waals surface area contributed by atoms with Crippen LogP contribution < -0.4 is 5.32 Å². The molecule has 1 heterocycles. The number of hydrogen-bond acceptors (Lipinski definition) is 5. The number of aliphatic hydroxyl groups excluding tert-OH is 1. The summed E-state index contributed by atoms with van der Waals surface area (Å²) >= 11 is 0. The number of amides is 1. The van der Waals surface area contributed by atoms with Crippen molar-refractivity contribution in [2.75, 3.05) is 6.61 Å². The molecule has 0 saturated heterocycles. The first-order valence-corrected chi connectivity index (χ1v) is 5.52. The molecule has 1 aromatic heterocycles. The molecule has 0 saturated carbocycles. The Hall–Kier alpha value is -1.96. The highest BCUT2D eigenvalue weighted by molar-refractivity contribution is 5.76. The molecule has 18 heavy (non-hydrogen) atoms. The summed E-state index contributed by atoms with van der Waals surface area (Å²) in [5.41, 5.74) is 0. The van der Waals surface area contributed by atoms with Crippen LogP contribution in [-0.4, -0.2) is 38.4 Å². The summed E-state index contributed by atoms with van der Waals surface area (Å²) in [6.07, 6.45) is 1.36. The molecule has 8 nitrogen and oxygen atoms in total. The average Bonchev–Trinajstić information content (AvgIpc) is 2.74. The summed E-state index contributed by atoms with van der Waals surface area (Å²) in [4.78, 5) is 21.4. The SMILES string of the molecule is CC(C)C(CO)NC(=O)Cn1ccc([N+](=O)[O-])n1. The number of carbonyl (C=O) groups is 1. The van der Waals surface area contributed by atoms with Gasteiger partial charge < -0.3 is 20.5 Å². The molecular weight excluding hydrogens is 240 g/mol. The summed E-state index contributed by atoms with van der Waals surface area (Å²) in [5, 5.41) is 25.7. The van der Waals surface area contributed by atoms with Crippen LogP contribution in [0.2, 0.25) is 0 Å². The molecule has 0 aliphatic rings. The number of carbonyl (C=O) groups excluding carboxylic acids is 1. The molecular formula is C10H16N4O4. The largest absolute Gasteiger partial charge is 0.394 e. The van der Waals surface area contributed by atoms with Crippen LogP contribution in [0.4, 0.5) is 5.82 Å². The van der Waals surface area contributed by atoms with Gasteiger partial charge in [-0.25, -0.2) is 0 Å². The Labute approximate surface area is 104 Å². The van der Waals surface area contributed by atoms with Crippen molar-refractivity contribution in [3.8, 4) is 0 Å². The smallest absolute Gasteiger partial charge is 0.389 e. The van der Waals surface area contributed by atoms with E-state index in [-0.39, 0.29) is 36.8 Å². The van der Waals surface area contributed by atoms with Crippen LogP contribution >= 0.6 is 0 Å². The van der Waals surface area contributed by atoms with Crippen LogP contribution in [0.15, 0.2) is 12.3 Å². The van der Waals surface area contributed by atoms with E-state index in [1.54, 1.807) is 0 Å². The van der Waals surface area contributed by atoms with E-state index in [0.717, 1.165) is 0 Å². The molecule has 1 amide bonds. The fourth-order valence-corrected chi connectivity index (χ4v) is 1.36. The first-order valence-electron chi connectivity index (χ1n) is 5.52. The highest BCUT2D eigenvalue weighted by Gasteiger charge is 2.17. The van der Waals surface area contributed by atoms with E-state index in [1.807, 2.05) is 13.8 Å². The first kappa shape index (κ1) is 14.1. The lowest BCUT2D eigenvalue weighted by Gasteiger charge is -2.19. The summed E-state index contributed by atoms with van der Waals surface area (Å²) in [7, 11) is 0. The second-order valence-electron chi connectivity index (χ2n) is 4.23. The number of hydrogen-bond donors (Lipinski definition) is 2. The van der Waals surface area contributed by atoms with Gasteiger partial charge in [-0.15, -0.1) is 0 Å². The van der Waals surface area contributed by atoms with Crippen LogP contribution in [0.25, 0.3) is 0 Å². The Morgan fingerprint density at radius 1 is 1.67 bits per heavy atom. The molecule has 0 aromatic carbocycles. The molecule has 0 aliphatic carbocycles. The number of nitro groups is 1. The van der Waals surface area contributed by atoms with Crippen molar-refractivity contribution in [3.05, 3.63) is 22.4 Å². The van der Waals surface area contributed by atoms with Crippen molar-refractivity contribution < 1.29 is 14.8 Å². The van der Waals surface area contributed by atoms with Crippen molar-refractivity contribution in [1.29, 1.82) is 0 Å². The maximum absolute atomic E-state index is 11.6. The predicted octanol–water partition coefficient (Wildman–Crippen LogP) is -0.0756. The highest BCUT2D eigenvalue weighted by Crippen LogP contribution is 2.05. The zero-order chi connectivity index (χ0) is 13.7. The number of nitrogens with one attached hydrogen (secondary N) is 1. The molecule has 0 bridgehead atoms. The molecule has 1 rings (SSSR count). The van der Waals surface area contributed by atoms with Gasteiger partial charge in [-0.3, -0.25) is 4.79 Å². The highest BCUT2D eigenvalue weighted by atomic mass is 16.6. The number of aliphatic hydroxyl groups is 1. The van der Waals surface area contributed by atoms with Crippen molar-refractivity contribution in [1.82, 2.24) is 15.1 Å². The maximum atomic E-state index is 11.6. The molecule has 2 N–H and O–H groups in total. The summed E-state index contributed by atoms with van der Waals surface area (Å²) in [6.45, 7) is 3.49. The molecule has 1 unspecified atom stereocenters. The molecule has 0 aliphatic heterocycles. The predicted molar refractivity (Wildman–Crippen MR) is 62.7 cm³/mol. The Bertz CT molecular complexity index is 429. The van der Waals surface area contributed by atoms with E-state index in [9.17, 15) is 14.9 Å². The number of aromatic nitrogens is 2. The van der Waals surface area contributed by atoms with E-state index in [2.05, 4.69) is 10.4 Å². The number of rotatable bonds is 6. The van der Waals surface area contributed by atoms with Crippen LogP contribution in [0.1, 0.15) is 13.8 Å². The van der Waals surface area contributed by atoms with Crippen LogP contribution in [-0.2, 0) is 11.3 Å². The lowest BCUT2D eigenvalue weighted by molar-refractivity contribution is -0.389. The van der Waals surface area contributed by atoms with Crippen molar-refractivity contribution in [2.24, 2.45) is 5.92 Å². The Morgan fingerprint density at radius 3 is 2.78 bits per heavy atom. The molecule has 0 fully saturated rings. The zero-order valence-electron chi connectivity index (χ0n) is 10.2. The van der Waals surface area contributed by atoms with Gasteiger partial charge in [-0.2, -0.15) is 4.68 Å². The normalized spacial score (nSPS) is 12.4. The second kappa shape index (κ2) is 6.10. The van der Waals surface area contributed by atoms with Crippen LogP contribution in [0.3, 0.4) is 0 Å². The fraction of sp³-hybridized carbons (Fsp3) is 0.600. The molecule has 100 valence electrons. The second-order valence-corrected chi connectivity index (χ2v) is 4.23. The van der Waals surface area contributed by atoms with E-state index < -0.39 is 4.92 Å². The molecule has 1 atom stereocenters. The van der Waals surface area contributed by atoms with Gasteiger partial charge in [0, 0.05) is 0 Å². The monoisotopic (exact) mass is 256 g/mol. The Balaban J connectivity index is 2.56. The summed E-state index contributed by atoms with van der Waals surface area (Å²) in [5.74, 6) is -0.544. The molecule has 1 aromatic rings. The molecule has 8 heteroatoms. The third kappa shape index (κ3) is 3.81. The van der Waals surface area contributed by atoms with Gasteiger partial charge in [0.05, 0.1) is 30.0 Å². The van der Waals surface area contributed by atoms with E-state index in [0.29, 0.717) is 0 Å². The standard InChI is InChI=1S/C10H16N4O4/c1-7(2)8(6-15)11-10(16)5-13-4-3-9(12-13)14(17)18/h3-4,7-8,15H,5-6H2,1-2H3,(H,11,16). The van der Waals surface area contributed by atoms with Gasteiger partial charge in [0.25, 0.3) is 0 Å². The quantitative estimate of drug-likeness (QED) is 0.546. The first-order chi connectivity index (χ1) is 8.43. The summed E-state index contributed by atoms with van der Waals surface area (Å²) < 4.78 is 1.18. The van der Waals surface area contributed by atoms with E-state index in [1.165, 1.54) is 16.9 Å².